The van der Waals surface area contributed by atoms with Crippen LogP contribution in [0.5, 0.6) is 0 Å². The number of ether oxygens (including phenoxy) is 1. The first-order chi connectivity index (χ1) is 12.7. The largest absolute Gasteiger partial charge is 0.450 e. The number of hydrogen-bond acceptors (Lipinski definition) is 4. The van der Waals surface area contributed by atoms with Gasteiger partial charge in [0.15, 0.2) is 0 Å². The van der Waals surface area contributed by atoms with E-state index in [4.69, 9.17) is 4.74 Å². The third-order valence-corrected chi connectivity index (χ3v) is 5.30. The summed E-state index contributed by atoms with van der Waals surface area (Å²) in [7, 11) is 0. The summed E-state index contributed by atoms with van der Waals surface area (Å²) < 4.78 is 5.03. The van der Waals surface area contributed by atoms with Gasteiger partial charge in [0.25, 0.3) is 0 Å². The number of piperidine rings is 1. The highest BCUT2D eigenvalue weighted by molar-refractivity contribution is 5.79. The lowest BCUT2D eigenvalue weighted by molar-refractivity contribution is -0.138. The van der Waals surface area contributed by atoms with Gasteiger partial charge in [-0.2, -0.15) is 0 Å². The summed E-state index contributed by atoms with van der Waals surface area (Å²) in [6.07, 6.45) is 1.57. The number of amides is 2. The third kappa shape index (κ3) is 4.75. The molecule has 2 saturated heterocycles. The van der Waals surface area contributed by atoms with Crippen molar-refractivity contribution < 1.29 is 14.3 Å². The van der Waals surface area contributed by atoms with E-state index in [0.29, 0.717) is 32.8 Å². The second-order valence-corrected chi connectivity index (χ2v) is 7.05. The lowest BCUT2D eigenvalue weighted by Crippen LogP contribution is -2.53. The van der Waals surface area contributed by atoms with Crippen LogP contribution in [0.4, 0.5) is 4.79 Å². The highest BCUT2D eigenvalue weighted by Gasteiger charge is 2.31. The van der Waals surface area contributed by atoms with Gasteiger partial charge in [0.05, 0.1) is 6.61 Å². The van der Waals surface area contributed by atoms with E-state index in [-0.39, 0.29) is 17.9 Å². The van der Waals surface area contributed by atoms with Crippen molar-refractivity contribution in [1.82, 2.24) is 14.7 Å². The molecule has 2 fully saturated rings. The molecule has 1 aromatic carbocycles. The fraction of sp³-hybridized carbons (Fsp3) is 0.600. The summed E-state index contributed by atoms with van der Waals surface area (Å²) in [5.41, 5.74) is 1.33. The molecule has 0 atom stereocenters. The van der Waals surface area contributed by atoms with Gasteiger partial charge in [-0.15, -0.1) is 0 Å². The van der Waals surface area contributed by atoms with Crippen molar-refractivity contribution in [3.63, 3.8) is 0 Å². The highest BCUT2D eigenvalue weighted by Crippen LogP contribution is 2.22. The molecule has 0 aliphatic carbocycles. The fourth-order valence-electron chi connectivity index (χ4n) is 3.76. The van der Waals surface area contributed by atoms with Crippen LogP contribution in [0.1, 0.15) is 25.3 Å². The minimum Gasteiger partial charge on any atom is -0.450 e. The van der Waals surface area contributed by atoms with Crippen molar-refractivity contribution in [3.05, 3.63) is 35.9 Å². The molecule has 6 heteroatoms. The zero-order valence-corrected chi connectivity index (χ0v) is 15.6. The molecule has 2 heterocycles. The Kier molecular flexibility index (Phi) is 6.50. The maximum Gasteiger partial charge on any atom is 0.409 e. The third-order valence-electron chi connectivity index (χ3n) is 5.30. The zero-order valence-electron chi connectivity index (χ0n) is 15.6. The van der Waals surface area contributed by atoms with Crippen molar-refractivity contribution in [1.29, 1.82) is 0 Å². The number of likely N-dealkylation sites (tertiary alicyclic amines) is 1. The monoisotopic (exact) mass is 359 g/mol. The Bertz CT molecular complexity index is 592. The maximum atomic E-state index is 12.8. The standard InChI is InChI=1S/C20H29N3O3/c1-2-26-20(25)23-14-12-22(13-15-23)19(24)18-8-10-21(11-9-18)16-17-6-4-3-5-7-17/h3-7,18H,2,8-16H2,1H3. The van der Waals surface area contributed by atoms with Gasteiger partial charge in [-0.3, -0.25) is 9.69 Å². The van der Waals surface area contributed by atoms with Gasteiger partial charge in [-0.1, -0.05) is 30.3 Å². The molecule has 2 aliphatic heterocycles. The van der Waals surface area contributed by atoms with Gasteiger partial charge >= 0.3 is 6.09 Å². The van der Waals surface area contributed by atoms with Crippen molar-refractivity contribution >= 4 is 12.0 Å². The fourth-order valence-corrected chi connectivity index (χ4v) is 3.76. The van der Waals surface area contributed by atoms with Gasteiger partial charge in [-0.05, 0) is 38.4 Å². The number of hydrogen-bond donors (Lipinski definition) is 0. The maximum absolute atomic E-state index is 12.8. The first kappa shape index (κ1) is 18.7. The summed E-state index contributed by atoms with van der Waals surface area (Å²) in [5.74, 6) is 0.379. The molecule has 0 N–H and O–H groups in total. The molecule has 2 amide bonds. The summed E-state index contributed by atoms with van der Waals surface area (Å²) in [6.45, 7) is 7.45. The van der Waals surface area contributed by atoms with Gasteiger partial charge in [0.2, 0.25) is 5.91 Å². The van der Waals surface area contributed by atoms with Gasteiger partial charge in [0, 0.05) is 38.6 Å². The molecule has 0 spiro atoms. The predicted molar refractivity (Wildman–Crippen MR) is 99.6 cm³/mol. The number of carbonyl (C=O) groups excluding carboxylic acids is 2. The van der Waals surface area contributed by atoms with Crippen LogP contribution >= 0.6 is 0 Å². The lowest BCUT2D eigenvalue weighted by Gasteiger charge is -2.38. The van der Waals surface area contributed by atoms with E-state index in [1.807, 2.05) is 17.9 Å². The second kappa shape index (κ2) is 9.03. The van der Waals surface area contributed by atoms with E-state index in [0.717, 1.165) is 32.5 Å². The zero-order chi connectivity index (χ0) is 18.4. The molecule has 0 bridgehead atoms. The van der Waals surface area contributed by atoms with Crippen LogP contribution in [0.3, 0.4) is 0 Å². The Labute approximate surface area is 155 Å². The van der Waals surface area contributed by atoms with Crippen molar-refractivity contribution in [2.45, 2.75) is 26.3 Å². The second-order valence-electron chi connectivity index (χ2n) is 7.05. The van der Waals surface area contributed by atoms with Gasteiger partial charge in [0.1, 0.15) is 0 Å². The minimum atomic E-state index is -0.270. The van der Waals surface area contributed by atoms with E-state index < -0.39 is 0 Å². The Balaban J connectivity index is 1.42. The molecule has 26 heavy (non-hydrogen) atoms. The number of carbonyl (C=O) groups is 2. The number of nitrogens with zero attached hydrogens (tertiary/aromatic N) is 3. The number of rotatable bonds is 4. The Hall–Kier alpha value is -2.08. The van der Waals surface area contributed by atoms with E-state index >= 15 is 0 Å². The summed E-state index contributed by atoms with van der Waals surface area (Å²) in [5, 5.41) is 0. The average molecular weight is 359 g/mol. The molecule has 2 aliphatic rings. The first-order valence-corrected chi connectivity index (χ1v) is 9.64. The lowest BCUT2D eigenvalue weighted by atomic mass is 9.94. The molecular formula is C20H29N3O3. The first-order valence-electron chi connectivity index (χ1n) is 9.64. The number of piperazine rings is 1. The van der Waals surface area contributed by atoms with Crippen LogP contribution < -0.4 is 0 Å². The highest BCUT2D eigenvalue weighted by atomic mass is 16.6. The van der Waals surface area contributed by atoms with E-state index in [1.54, 1.807) is 4.90 Å². The molecule has 0 saturated carbocycles. The van der Waals surface area contributed by atoms with Crippen LogP contribution in [-0.4, -0.2) is 72.6 Å². The molecule has 3 rings (SSSR count). The summed E-state index contributed by atoms with van der Waals surface area (Å²) in [4.78, 5) is 30.6. The summed E-state index contributed by atoms with van der Waals surface area (Å²) in [6, 6.07) is 10.5. The van der Waals surface area contributed by atoms with E-state index in [9.17, 15) is 9.59 Å². The Morgan fingerprint density at radius 3 is 2.19 bits per heavy atom. The number of benzene rings is 1. The SMILES string of the molecule is CCOC(=O)N1CCN(C(=O)C2CCN(Cc3ccccc3)CC2)CC1. The average Bonchev–Trinajstić information content (AvgIpc) is 2.69. The van der Waals surface area contributed by atoms with E-state index in [2.05, 4.69) is 29.2 Å². The van der Waals surface area contributed by atoms with Crippen molar-refractivity contribution in [2.75, 3.05) is 45.9 Å². The molecule has 1 aromatic rings. The van der Waals surface area contributed by atoms with Crippen LogP contribution in [0.15, 0.2) is 30.3 Å². The Morgan fingerprint density at radius 2 is 1.58 bits per heavy atom. The molecule has 0 radical (unpaired) electrons. The van der Waals surface area contributed by atoms with Crippen LogP contribution in [0.25, 0.3) is 0 Å². The summed E-state index contributed by atoms with van der Waals surface area (Å²) >= 11 is 0. The molecule has 142 valence electrons. The smallest absolute Gasteiger partial charge is 0.409 e. The topological polar surface area (TPSA) is 53.1 Å². The van der Waals surface area contributed by atoms with Crippen LogP contribution in [-0.2, 0) is 16.1 Å². The van der Waals surface area contributed by atoms with Crippen molar-refractivity contribution in [2.24, 2.45) is 5.92 Å². The van der Waals surface area contributed by atoms with Gasteiger partial charge in [-0.25, -0.2) is 4.79 Å². The quantitative estimate of drug-likeness (QED) is 0.827. The normalized spacial score (nSPS) is 19.4. The Morgan fingerprint density at radius 1 is 0.962 bits per heavy atom. The molecule has 0 aromatic heterocycles. The van der Waals surface area contributed by atoms with Crippen LogP contribution in [0.2, 0.25) is 0 Å². The minimum absolute atomic E-state index is 0.121. The van der Waals surface area contributed by atoms with Crippen molar-refractivity contribution in [3.8, 4) is 0 Å². The van der Waals surface area contributed by atoms with Gasteiger partial charge < -0.3 is 14.5 Å². The predicted octanol–water partition coefficient (Wildman–Crippen LogP) is 2.20. The molecular weight excluding hydrogens is 330 g/mol. The molecule has 6 nitrogen and oxygen atoms in total. The molecule has 0 unspecified atom stereocenters. The van der Waals surface area contributed by atoms with Crippen LogP contribution in [0, 0.1) is 5.92 Å². The van der Waals surface area contributed by atoms with E-state index in [1.165, 1.54) is 5.56 Å².